The van der Waals surface area contributed by atoms with Crippen LogP contribution in [0.3, 0.4) is 0 Å². The quantitative estimate of drug-likeness (QED) is 0.249. The maximum Gasteiger partial charge on any atom is 0.282 e. The zero-order valence-corrected chi connectivity index (χ0v) is 20.1. The molecule has 0 bridgehead atoms. The molecular formula is C26H23BrN2O5. The van der Waals surface area contributed by atoms with Crippen molar-refractivity contribution in [3.8, 4) is 17.2 Å². The molecule has 3 aromatic rings. The maximum absolute atomic E-state index is 12.8. The van der Waals surface area contributed by atoms with Gasteiger partial charge < -0.3 is 14.2 Å². The molecule has 0 radical (unpaired) electrons. The molecule has 1 N–H and O–H groups in total. The Bertz CT molecular complexity index is 1200. The first kappa shape index (κ1) is 23.4. The fourth-order valence-electron chi connectivity index (χ4n) is 3.39. The van der Waals surface area contributed by atoms with Gasteiger partial charge in [0.15, 0.2) is 11.5 Å². The number of ether oxygens (including phenoxy) is 3. The van der Waals surface area contributed by atoms with Crippen molar-refractivity contribution in [1.82, 2.24) is 5.43 Å². The molecule has 3 aromatic carbocycles. The number of hydrogen-bond donors (Lipinski definition) is 1. The van der Waals surface area contributed by atoms with Gasteiger partial charge in [0.2, 0.25) is 0 Å². The molecule has 0 spiro atoms. The van der Waals surface area contributed by atoms with Gasteiger partial charge in [0, 0.05) is 6.42 Å². The van der Waals surface area contributed by atoms with Crippen molar-refractivity contribution in [3.05, 3.63) is 88.4 Å². The maximum atomic E-state index is 12.8. The molecular weight excluding hydrogens is 500 g/mol. The van der Waals surface area contributed by atoms with Crippen LogP contribution < -0.4 is 24.6 Å². The molecule has 0 saturated carbocycles. The number of benzene rings is 3. The predicted molar refractivity (Wildman–Crippen MR) is 133 cm³/mol. The van der Waals surface area contributed by atoms with Gasteiger partial charge in [-0.05, 0) is 64.0 Å². The fourth-order valence-corrected chi connectivity index (χ4v) is 3.96. The second-order valence-electron chi connectivity index (χ2n) is 7.37. The largest absolute Gasteiger partial charge is 0.493 e. The van der Waals surface area contributed by atoms with Crippen molar-refractivity contribution in [3.63, 3.8) is 0 Å². The number of hydrogen-bond acceptors (Lipinski definition) is 5. The Morgan fingerprint density at radius 1 is 0.941 bits per heavy atom. The smallest absolute Gasteiger partial charge is 0.282 e. The minimum absolute atomic E-state index is 0.0320. The number of halogens is 1. The van der Waals surface area contributed by atoms with Crippen molar-refractivity contribution < 1.29 is 23.8 Å². The number of carbonyl (C=O) groups excluding carboxylic acids is 2. The summed E-state index contributed by atoms with van der Waals surface area (Å²) in [4.78, 5) is 25.3. The normalized spacial score (nSPS) is 14.3. The van der Waals surface area contributed by atoms with Crippen LogP contribution in [0.4, 0.5) is 5.69 Å². The van der Waals surface area contributed by atoms with E-state index in [0.29, 0.717) is 46.9 Å². The fraction of sp³-hybridized carbons (Fsp3) is 0.154. The summed E-state index contributed by atoms with van der Waals surface area (Å²) >= 11 is 3.51. The highest BCUT2D eigenvalue weighted by Gasteiger charge is 2.34. The van der Waals surface area contributed by atoms with Gasteiger partial charge in [0.25, 0.3) is 11.8 Å². The van der Waals surface area contributed by atoms with Crippen LogP contribution in [0.25, 0.3) is 6.08 Å². The first-order valence-electron chi connectivity index (χ1n) is 10.7. The topological polar surface area (TPSA) is 77.1 Å². The Morgan fingerprint density at radius 3 is 2.32 bits per heavy atom. The number of methoxy groups -OCH3 is 1. The van der Waals surface area contributed by atoms with E-state index in [1.165, 1.54) is 18.2 Å². The lowest BCUT2D eigenvalue weighted by Crippen LogP contribution is -2.35. The third-order valence-corrected chi connectivity index (χ3v) is 5.60. The summed E-state index contributed by atoms with van der Waals surface area (Å²) < 4.78 is 17.7. The van der Waals surface area contributed by atoms with E-state index in [4.69, 9.17) is 14.2 Å². The Morgan fingerprint density at radius 2 is 1.62 bits per heavy atom. The molecule has 0 atom stereocenters. The minimum atomic E-state index is -0.470. The van der Waals surface area contributed by atoms with Crippen LogP contribution in [0, 0.1) is 0 Å². The van der Waals surface area contributed by atoms with Gasteiger partial charge in [-0.15, -0.1) is 0 Å². The summed E-state index contributed by atoms with van der Waals surface area (Å²) in [5.41, 5.74) is 3.83. The summed E-state index contributed by atoms with van der Waals surface area (Å²) in [5.74, 6) is 0.941. The molecule has 34 heavy (non-hydrogen) atoms. The van der Waals surface area contributed by atoms with Gasteiger partial charge in [-0.1, -0.05) is 36.4 Å². The monoisotopic (exact) mass is 522 g/mol. The van der Waals surface area contributed by atoms with E-state index >= 15 is 0 Å². The standard InChI is InChI=1S/C26H23BrN2O5/c1-32-23-17-18(15-21-25(30)28-29(26(21)31)19-9-4-2-5-10-19)16-22(27)24(23)34-14-8-13-33-20-11-6-3-7-12-20/h2-7,9-12,15-17H,8,13-14H2,1H3,(H,28,30)/b21-15-. The number of carbonyl (C=O) groups is 2. The van der Waals surface area contributed by atoms with Crippen LogP contribution in [-0.2, 0) is 9.59 Å². The zero-order chi connectivity index (χ0) is 23.9. The Balaban J connectivity index is 1.43. The van der Waals surface area contributed by atoms with Crippen LogP contribution in [0.15, 0.2) is 82.8 Å². The minimum Gasteiger partial charge on any atom is -0.493 e. The summed E-state index contributed by atoms with van der Waals surface area (Å²) in [5, 5.41) is 1.23. The Hall–Kier alpha value is -3.78. The molecule has 1 aliphatic heterocycles. The molecule has 4 rings (SSSR count). The Kier molecular flexibility index (Phi) is 7.49. The predicted octanol–water partition coefficient (Wildman–Crippen LogP) is 4.77. The van der Waals surface area contributed by atoms with E-state index < -0.39 is 11.8 Å². The van der Waals surface area contributed by atoms with Crippen molar-refractivity contribution in [1.29, 1.82) is 0 Å². The summed E-state index contributed by atoms with van der Waals surface area (Å²) in [7, 11) is 1.54. The van der Waals surface area contributed by atoms with Crippen molar-refractivity contribution in [2.75, 3.05) is 25.3 Å². The van der Waals surface area contributed by atoms with E-state index in [1.807, 2.05) is 36.4 Å². The van der Waals surface area contributed by atoms with Gasteiger partial charge in [-0.3, -0.25) is 15.0 Å². The average Bonchev–Trinajstić information content (AvgIpc) is 3.14. The highest BCUT2D eigenvalue weighted by Crippen LogP contribution is 2.37. The first-order chi connectivity index (χ1) is 16.6. The highest BCUT2D eigenvalue weighted by molar-refractivity contribution is 9.10. The number of nitrogens with one attached hydrogen (secondary N) is 1. The van der Waals surface area contributed by atoms with Crippen molar-refractivity contribution in [2.45, 2.75) is 6.42 Å². The van der Waals surface area contributed by atoms with Crippen molar-refractivity contribution in [2.24, 2.45) is 0 Å². The zero-order valence-electron chi connectivity index (χ0n) is 18.5. The van der Waals surface area contributed by atoms with Gasteiger partial charge in [-0.2, -0.15) is 0 Å². The van der Waals surface area contributed by atoms with E-state index in [-0.39, 0.29) is 5.57 Å². The van der Waals surface area contributed by atoms with Crippen LogP contribution >= 0.6 is 15.9 Å². The molecule has 174 valence electrons. The van der Waals surface area contributed by atoms with Crippen LogP contribution in [0.5, 0.6) is 17.2 Å². The number of para-hydroxylation sites is 2. The third kappa shape index (κ3) is 5.40. The molecule has 8 heteroatoms. The lowest BCUT2D eigenvalue weighted by Gasteiger charge is -2.14. The van der Waals surface area contributed by atoms with Crippen molar-refractivity contribution >= 4 is 39.5 Å². The van der Waals surface area contributed by atoms with Gasteiger partial charge in [0.1, 0.15) is 11.3 Å². The molecule has 1 heterocycles. The van der Waals surface area contributed by atoms with Crippen LogP contribution in [0.1, 0.15) is 12.0 Å². The Labute approximate surface area is 206 Å². The summed E-state index contributed by atoms with van der Waals surface area (Å²) in [6, 6.07) is 22.0. The van der Waals surface area contributed by atoms with E-state index in [0.717, 1.165) is 5.75 Å². The molecule has 0 aliphatic carbocycles. The van der Waals surface area contributed by atoms with Gasteiger partial charge in [0.05, 0.1) is 30.5 Å². The molecule has 1 fully saturated rings. The summed E-state index contributed by atoms with van der Waals surface area (Å²) in [6.07, 6.45) is 2.21. The second kappa shape index (κ2) is 10.9. The third-order valence-electron chi connectivity index (χ3n) is 5.02. The van der Waals surface area contributed by atoms with Gasteiger partial charge >= 0.3 is 0 Å². The number of anilines is 1. The van der Waals surface area contributed by atoms with Crippen LogP contribution in [-0.4, -0.2) is 32.1 Å². The van der Waals surface area contributed by atoms with E-state index in [9.17, 15) is 9.59 Å². The molecule has 2 amide bonds. The molecule has 7 nitrogen and oxygen atoms in total. The second-order valence-corrected chi connectivity index (χ2v) is 8.23. The molecule has 0 aromatic heterocycles. The molecule has 1 aliphatic rings. The SMILES string of the molecule is COc1cc(/C=C2/C(=O)NN(c3ccccc3)C2=O)cc(Br)c1OCCCOc1ccccc1. The average molecular weight is 523 g/mol. The lowest BCUT2D eigenvalue weighted by molar-refractivity contribution is -0.117. The number of amides is 2. The summed E-state index contributed by atoms with van der Waals surface area (Å²) in [6.45, 7) is 0.943. The first-order valence-corrected chi connectivity index (χ1v) is 11.5. The number of nitrogens with zero attached hydrogens (tertiary/aromatic N) is 1. The van der Waals surface area contributed by atoms with E-state index in [1.54, 1.807) is 36.4 Å². The number of rotatable bonds is 9. The van der Waals surface area contributed by atoms with E-state index in [2.05, 4.69) is 21.4 Å². The van der Waals surface area contributed by atoms with Gasteiger partial charge in [-0.25, -0.2) is 5.01 Å². The molecule has 1 saturated heterocycles. The highest BCUT2D eigenvalue weighted by atomic mass is 79.9. The lowest BCUT2D eigenvalue weighted by atomic mass is 10.1. The number of hydrazine groups is 1. The van der Waals surface area contributed by atoms with Crippen LogP contribution in [0.2, 0.25) is 0 Å². The molecule has 0 unspecified atom stereocenters.